The molecule has 88 valence electrons. The molecule has 0 heterocycles. The van der Waals surface area contributed by atoms with Crippen molar-refractivity contribution in [1.82, 2.24) is 5.32 Å². The molecule has 2 rings (SSSR count). The van der Waals surface area contributed by atoms with E-state index < -0.39 is 0 Å². The smallest absolute Gasteiger partial charge is 0.0314 e. The third-order valence-electron chi connectivity index (χ3n) is 3.18. The quantitative estimate of drug-likeness (QED) is 0.828. The van der Waals surface area contributed by atoms with E-state index in [0.29, 0.717) is 6.04 Å². The Hall–Kier alpha value is -1.60. The van der Waals surface area contributed by atoms with Gasteiger partial charge < -0.3 is 5.32 Å². The number of benzene rings is 2. The van der Waals surface area contributed by atoms with Gasteiger partial charge >= 0.3 is 0 Å². The highest BCUT2D eigenvalue weighted by Gasteiger charge is 2.05. The molecule has 1 N–H and O–H groups in total. The Kier molecular flexibility index (Phi) is 3.94. The van der Waals surface area contributed by atoms with Crippen molar-refractivity contribution < 1.29 is 0 Å². The van der Waals surface area contributed by atoms with Crippen LogP contribution in [-0.4, -0.2) is 7.05 Å². The maximum absolute atomic E-state index is 3.33. The zero-order valence-corrected chi connectivity index (χ0v) is 10.5. The summed E-state index contributed by atoms with van der Waals surface area (Å²) in [6, 6.07) is 19.8. The van der Waals surface area contributed by atoms with Crippen molar-refractivity contribution >= 4 is 0 Å². The number of rotatable bonds is 4. The summed E-state index contributed by atoms with van der Waals surface area (Å²) in [4.78, 5) is 0. The van der Waals surface area contributed by atoms with Crippen LogP contribution in [0.25, 0.3) is 11.1 Å². The normalized spacial score (nSPS) is 12.4. The first-order valence-corrected chi connectivity index (χ1v) is 6.17. The summed E-state index contributed by atoms with van der Waals surface area (Å²) < 4.78 is 0. The fraction of sp³-hybridized carbons (Fsp3) is 0.250. The third-order valence-corrected chi connectivity index (χ3v) is 3.18. The molecule has 0 aliphatic heterocycles. The molecule has 0 spiro atoms. The largest absolute Gasteiger partial charge is 0.313 e. The fourth-order valence-corrected chi connectivity index (χ4v) is 2.14. The molecule has 1 atom stereocenters. The molecule has 1 unspecified atom stereocenters. The molecule has 0 radical (unpaired) electrons. The van der Waals surface area contributed by atoms with E-state index in [0.717, 1.165) is 6.42 Å². The molecule has 0 amide bonds. The first kappa shape index (κ1) is 11.9. The molecule has 0 bridgehead atoms. The minimum Gasteiger partial charge on any atom is -0.313 e. The van der Waals surface area contributed by atoms with E-state index in [-0.39, 0.29) is 0 Å². The molecule has 0 aromatic heterocycles. The van der Waals surface area contributed by atoms with Crippen molar-refractivity contribution in [3.63, 3.8) is 0 Å². The lowest BCUT2D eigenvalue weighted by Gasteiger charge is -2.14. The monoisotopic (exact) mass is 225 g/mol. The van der Waals surface area contributed by atoms with Crippen LogP contribution in [0.5, 0.6) is 0 Å². The molecule has 17 heavy (non-hydrogen) atoms. The topological polar surface area (TPSA) is 12.0 Å². The van der Waals surface area contributed by atoms with Gasteiger partial charge in [-0.05, 0) is 30.2 Å². The van der Waals surface area contributed by atoms with E-state index in [4.69, 9.17) is 0 Å². The van der Waals surface area contributed by atoms with Gasteiger partial charge in [0.1, 0.15) is 0 Å². The molecule has 1 heteroatoms. The highest BCUT2D eigenvalue weighted by Crippen LogP contribution is 2.22. The average molecular weight is 225 g/mol. The van der Waals surface area contributed by atoms with Crippen LogP contribution in [0.4, 0.5) is 0 Å². The van der Waals surface area contributed by atoms with Crippen LogP contribution >= 0.6 is 0 Å². The second kappa shape index (κ2) is 5.65. The van der Waals surface area contributed by atoms with Crippen molar-refractivity contribution in [1.29, 1.82) is 0 Å². The standard InChI is InChI=1S/C16H19N/c1-3-16(17-2)15-11-9-14(10-12-15)13-7-5-4-6-8-13/h4-12,16-17H,3H2,1-2H3. The highest BCUT2D eigenvalue weighted by atomic mass is 14.9. The van der Waals surface area contributed by atoms with E-state index in [2.05, 4.69) is 60.8 Å². The highest BCUT2D eigenvalue weighted by molar-refractivity contribution is 5.63. The fourth-order valence-electron chi connectivity index (χ4n) is 2.14. The summed E-state index contributed by atoms with van der Waals surface area (Å²) in [5, 5.41) is 3.33. The molecule has 0 fully saturated rings. The Morgan fingerprint density at radius 1 is 0.882 bits per heavy atom. The van der Waals surface area contributed by atoms with E-state index in [1.54, 1.807) is 0 Å². The van der Waals surface area contributed by atoms with Gasteiger partial charge in [-0.25, -0.2) is 0 Å². The van der Waals surface area contributed by atoms with Crippen LogP contribution < -0.4 is 5.32 Å². The lowest BCUT2D eigenvalue weighted by atomic mass is 10.00. The van der Waals surface area contributed by atoms with E-state index in [1.165, 1.54) is 16.7 Å². The third kappa shape index (κ3) is 2.75. The van der Waals surface area contributed by atoms with Crippen LogP contribution in [0.15, 0.2) is 54.6 Å². The summed E-state index contributed by atoms with van der Waals surface area (Å²) in [5.74, 6) is 0. The van der Waals surface area contributed by atoms with Crippen LogP contribution in [0.1, 0.15) is 24.9 Å². The lowest BCUT2D eigenvalue weighted by Crippen LogP contribution is -2.14. The number of hydrogen-bond donors (Lipinski definition) is 1. The number of hydrogen-bond acceptors (Lipinski definition) is 1. The lowest BCUT2D eigenvalue weighted by molar-refractivity contribution is 0.577. The van der Waals surface area contributed by atoms with E-state index in [1.807, 2.05) is 13.1 Å². The summed E-state index contributed by atoms with van der Waals surface area (Å²) in [5.41, 5.74) is 3.91. The van der Waals surface area contributed by atoms with Crippen molar-refractivity contribution in [3.05, 3.63) is 60.2 Å². The van der Waals surface area contributed by atoms with Gasteiger partial charge in [0.25, 0.3) is 0 Å². The molecule has 1 nitrogen and oxygen atoms in total. The van der Waals surface area contributed by atoms with E-state index in [9.17, 15) is 0 Å². The van der Waals surface area contributed by atoms with Crippen LogP contribution in [-0.2, 0) is 0 Å². The first-order chi connectivity index (χ1) is 8.35. The second-order valence-corrected chi connectivity index (χ2v) is 4.24. The second-order valence-electron chi connectivity index (χ2n) is 4.24. The minimum absolute atomic E-state index is 0.458. The zero-order valence-electron chi connectivity index (χ0n) is 10.5. The summed E-state index contributed by atoms with van der Waals surface area (Å²) >= 11 is 0. The predicted octanol–water partition coefficient (Wildman–Crippen LogP) is 4.02. The first-order valence-electron chi connectivity index (χ1n) is 6.17. The average Bonchev–Trinajstić information content (AvgIpc) is 2.42. The molecule has 2 aromatic rings. The van der Waals surface area contributed by atoms with Gasteiger partial charge in [-0.2, -0.15) is 0 Å². The molecule has 0 saturated carbocycles. The minimum atomic E-state index is 0.458. The van der Waals surface area contributed by atoms with Crippen molar-refractivity contribution in [2.45, 2.75) is 19.4 Å². The van der Waals surface area contributed by atoms with Crippen LogP contribution in [0.3, 0.4) is 0 Å². The summed E-state index contributed by atoms with van der Waals surface area (Å²) in [6.07, 6.45) is 1.11. The van der Waals surface area contributed by atoms with Gasteiger partial charge in [0.15, 0.2) is 0 Å². The van der Waals surface area contributed by atoms with Crippen molar-refractivity contribution in [2.75, 3.05) is 7.05 Å². The Bertz CT molecular complexity index is 441. The van der Waals surface area contributed by atoms with Gasteiger partial charge in [0.05, 0.1) is 0 Å². The Morgan fingerprint density at radius 2 is 1.47 bits per heavy atom. The van der Waals surface area contributed by atoms with Gasteiger partial charge in [0.2, 0.25) is 0 Å². The van der Waals surface area contributed by atoms with Crippen LogP contribution in [0.2, 0.25) is 0 Å². The van der Waals surface area contributed by atoms with Gasteiger partial charge in [-0.15, -0.1) is 0 Å². The molecule has 2 aromatic carbocycles. The molecular formula is C16H19N. The summed E-state index contributed by atoms with van der Waals surface area (Å²) in [6.45, 7) is 2.20. The van der Waals surface area contributed by atoms with Crippen LogP contribution in [0, 0.1) is 0 Å². The van der Waals surface area contributed by atoms with E-state index >= 15 is 0 Å². The molecule has 0 aliphatic carbocycles. The van der Waals surface area contributed by atoms with Crippen molar-refractivity contribution in [3.8, 4) is 11.1 Å². The van der Waals surface area contributed by atoms with Gasteiger partial charge in [-0.1, -0.05) is 61.5 Å². The number of nitrogens with one attached hydrogen (secondary N) is 1. The Balaban J connectivity index is 2.24. The SMILES string of the molecule is CCC(NC)c1ccc(-c2ccccc2)cc1. The summed E-state index contributed by atoms with van der Waals surface area (Å²) in [7, 11) is 2.01. The molecule has 0 saturated heterocycles. The van der Waals surface area contributed by atoms with Gasteiger partial charge in [-0.3, -0.25) is 0 Å². The Labute approximate surface area is 103 Å². The molecule has 0 aliphatic rings. The van der Waals surface area contributed by atoms with Gasteiger partial charge in [0, 0.05) is 6.04 Å². The Morgan fingerprint density at radius 3 is 2.00 bits per heavy atom. The molecular weight excluding hydrogens is 206 g/mol. The van der Waals surface area contributed by atoms with Crippen molar-refractivity contribution in [2.24, 2.45) is 0 Å². The maximum atomic E-state index is 3.33. The maximum Gasteiger partial charge on any atom is 0.0314 e. The predicted molar refractivity (Wildman–Crippen MR) is 74.0 cm³/mol. The zero-order chi connectivity index (χ0) is 12.1.